The predicted octanol–water partition coefficient (Wildman–Crippen LogP) is 5.30. The maximum absolute atomic E-state index is 12.9. The molecule has 7 nitrogen and oxygen atoms in total. The molecule has 1 aromatic carbocycles. The zero-order chi connectivity index (χ0) is 23.3. The van der Waals surface area contributed by atoms with Crippen molar-refractivity contribution in [1.82, 2.24) is 4.90 Å². The van der Waals surface area contributed by atoms with E-state index in [1.54, 1.807) is 36.4 Å². The quantitative estimate of drug-likeness (QED) is 0.340. The Morgan fingerprint density at radius 1 is 0.909 bits per heavy atom. The summed E-state index contributed by atoms with van der Waals surface area (Å²) < 4.78 is 22.0. The van der Waals surface area contributed by atoms with Gasteiger partial charge in [0, 0.05) is 12.5 Å². The Labute approximate surface area is 193 Å². The lowest BCUT2D eigenvalue weighted by atomic mass is 9.72. The SMILES string of the molecule is CN(C)CC(c1ccc(OC(=O)c2ccco2)cc1)C1(OC(=O)c2ccco2)CCCCC1. The number of hydrogen-bond donors (Lipinski definition) is 0. The average Bonchev–Trinajstić information content (AvgIpc) is 3.53. The van der Waals surface area contributed by atoms with Gasteiger partial charge in [-0.3, -0.25) is 0 Å². The molecule has 1 fully saturated rings. The van der Waals surface area contributed by atoms with Gasteiger partial charge in [-0.1, -0.05) is 18.6 Å². The van der Waals surface area contributed by atoms with E-state index in [2.05, 4.69) is 4.90 Å². The van der Waals surface area contributed by atoms with Gasteiger partial charge in [0.1, 0.15) is 11.4 Å². The van der Waals surface area contributed by atoms with E-state index in [4.69, 9.17) is 18.3 Å². The molecule has 174 valence electrons. The van der Waals surface area contributed by atoms with Crippen LogP contribution in [-0.2, 0) is 4.74 Å². The summed E-state index contributed by atoms with van der Waals surface area (Å²) in [6.45, 7) is 0.705. The summed E-state index contributed by atoms with van der Waals surface area (Å²) in [7, 11) is 4.02. The molecule has 0 N–H and O–H groups in total. The summed E-state index contributed by atoms with van der Waals surface area (Å²) in [6.07, 6.45) is 7.59. The highest BCUT2D eigenvalue weighted by Gasteiger charge is 2.45. The Hall–Kier alpha value is -3.32. The number of hydrogen-bond acceptors (Lipinski definition) is 7. The van der Waals surface area contributed by atoms with Crippen LogP contribution in [0.3, 0.4) is 0 Å². The molecule has 4 rings (SSSR count). The van der Waals surface area contributed by atoms with Crippen LogP contribution in [0, 0.1) is 0 Å². The first-order chi connectivity index (χ1) is 16.0. The molecule has 0 aliphatic heterocycles. The molecule has 0 spiro atoms. The number of carbonyl (C=O) groups excluding carboxylic acids is 2. The maximum atomic E-state index is 12.9. The number of nitrogens with zero attached hydrogens (tertiary/aromatic N) is 1. The molecule has 1 atom stereocenters. The Kier molecular flexibility index (Phi) is 6.99. The first kappa shape index (κ1) is 22.9. The van der Waals surface area contributed by atoms with Crippen LogP contribution in [0.25, 0.3) is 0 Å². The Morgan fingerprint density at radius 2 is 1.52 bits per heavy atom. The lowest BCUT2D eigenvalue weighted by Gasteiger charge is -2.44. The summed E-state index contributed by atoms with van der Waals surface area (Å²) in [5, 5.41) is 0. The van der Waals surface area contributed by atoms with Crippen LogP contribution in [0.1, 0.15) is 64.7 Å². The normalized spacial score (nSPS) is 16.3. The van der Waals surface area contributed by atoms with E-state index >= 15 is 0 Å². The lowest BCUT2D eigenvalue weighted by Crippen LogP contribution is -2.46. The Morgan fingerprint density at radius 3 is 2.06 bits per heavy atom. The fraction of sp³-hybridized carbons (Fsp3) is 0.385. The number of benzene rings is 1. The fourth-order valence-corrected chi connectivity index (χ4v) is 4.56. The topological polar surface area (TPSA) is 82.1 Å². The van der Waals surface area contributed by atoms with E-state index < -0.39 is 17.5 Å². The standard InChI is InChI=1S/C26H29NO6/c1-27(2)18-21(19-10-12-20(13-11-19)32-24(28)22-8-6-16-30-22)26(14-4-3-5-15-26)33-25(29)23-9-7-17-31-23/h6-13,16-17,21H,3-5,14-15,18H2,1-2H3. The molecular weight excluding hydrogens is 422 g/mol. The minimum atomic E-state index is -0.640. The molecule has 7 heteroatoms. The summed E-state index contributed by atoms with van der Waals surface area (Å²) in [4.78, 5) is 27.2. The lowest BCUT2D eigenvalue weighted by molar-refractivity contribution is -0.0596. The third kappa shape index (κ3) is 5.37. The Balaban J connectivity index is 1.59. The van der Waals surface area contributed by atoms with Crippen LogP contribution in [0.5, 0.6) is 5.75 Å². The molecular formula is C26H29NO6. The second-order valence-corrected chi connectivity index (χ2v) is 8.74. The van der Waals surface area contributed by atoms with E-state index in [9.17, 15) is 9.59 Å². The molecule has 2 heterocycles. The number of likely N-dealkylation sites (N-methyl/N-ethyl adjacent to an activating group) is 1. The zero-order valence-corrected chi connectivity index (χ0v) is 19.0. The number of furan rings is 2. The molecule has 1 unspecified atom stereocenters. The molecule has 1 saturated carbocycles. The van der Waals surface area contributed by atoms with Gasteiger partial charge < -0.3 is 23.2 Å². The van der Waals surface area contributed by atoms with Crippen molar-refractivity contribution in [3.8, 4) is 5.75 Å². The summed E-state index contributed by atoms with van der Waals surface area (Å²) in [5.41, 5.74) is 0.384. The second kappa shape index (κ2) is 10.1. The second-order valence-electron chi connectivity index (χ2n) is 8.74. The minimum Gasteiger partial charge on any atom is -0.457 e. The molecule has 3 aromatic rings. The highest BCUT2D eigenvalue weighted by atomic mass is 16.6. The molecule has 1 aliphatic carbocycles. The summed E-state index contributed by atoms with van der Waals surface area (Å²) >= 11 is 0. The van der Waals surface area contributed by atoms with E-state index in [-0.39, 0.29) is 17.4 Å². The first-order valence-electron chi connectivity index (χ1n) is 11.2. The third-order valence-electron chi connectivity index (χ3n) is 6.12. The van der Waals surface area contributed by atoms with Crippen LogP contribution in [0.15, 0.2) is 69.9 Å². The van der Waals surface area contributed by atoms with Crippen molar-refractivity contribution >= 4 is 11.9 Å². The zero-order valence-electron chi connectivity index (χ0n) is 19.0. The van der Waals surface area contributed by atoms with E-state index in [1.165, 1.54) is 12.5 Å². The van der Waals surface area contributed by atoms with E-state index in [0.29, 0.717) is 12.3 Å². The molecule has 0 amide bonds. The van der Waals surface area contributed by atoms with Crippen molar-refractivity contribution in [3.63, 3.8) is 0 Å². The van der Waals surface area contributed by atoms with Crippen LogP contribution < -0.4 is 4.74 Å². The van der Waals surface area contributed by atoms with Crippen molar-refractivity contribution in [3.05, 3.63) is 78.1 Å². The average molecular weight is 452 g/mol. The molecule has 33 heavy (non-hydrogen) atoms. The fourth-order valence-electron chi connectivity index (χ4n) is 4.56. The van der Waals surface area contributed by atoms with Gasteiger partial charge in [0.15, 0.2) is 0 Å². The van der Waals surface area contributed by atoms with Gasteiger partial charge in [-0.15, -0.1) is 0 Å². The van der Waals surface area contributed by atoms with Crippen LogP contribution in [-0.4, -0.2) is 43.1 Å². The minimum absolute atomic E-state index is 0.0541. The number of esters is 2. The smallest absolute Gasteiger partial charge is 0.379 e. The molecule has 2 aromatic heterocycles. The van der Waals surface area contributed by atoms with Gasteiger partial charge in [-0.05, 0) is 81.7 Å². The highest BCUT2D eigenvalue weighted by molar-refractivity contribution is 5.88. The monoisotopic (exact) mass is 451 g/mol. The largest absolute Gasteiger partial charge is 0.457 e. The molecule has 0 saturated heterocycles. The van der Waals surface area contributed by atoms with Crippen molar-refractivity contribution in [2.24, 2.45) is 0 Å². The van der Waals surface area contributed by atoms with Crippen LogP contribution >= 0.6 is 0 Å². The summed E-state index contributed by atoms with van der Waals surface area (Å²) in [5.74, 6) is -0.252. The summed E-state index contributed by atoms with van der Waals surface area (Å²) in [6, 6.07) is 13.9. The Bertz CT molecular complexity index is 1030. The van der Waals surface area contributed by atoms with Crippen LogP contribution in [0.4, 0.5) is 0 Å². The van der Waals surface area contributed by atoms with Crippen molar-refractivity contribution in [1.29, 1.82) is 0 Å². The van der Waals surface area contributed by atoms with Gasteiger partial charge in [-0.25, -0.2) is 9.59 Å². The van der Waals surface area contributed by atoms with Crippen molar-refractivity contribution in [2.75, 3.05) is 20.6 Å². The number of rotatable bonds is 8. The molecule has 1 aliphatic rings. The number of carbonyl (C=O) groups is 2. The van der Waals surface area contributed by atoms with Crippen molar-refractivity contribution in [2.45, 2.75) is 43.6 Å². The van der Waals surface area contributed by atoms with E-state index in [0.717, 1.165) is 37.7 Å². The van der Waals surface area contributed by atoms with Gasteiger partial charge >= 0.3 is 11.9 Å². The molecule has 0 radical (unpaired) electrons. The first-order valence-corrected chi connectivity index (χ1v) is 11.2. The highest BCUT2D eigenvalue weighted by Crippen LogP contribution is 2.44. The predicted molar refractivity (Wildman–Crippen MR) is 121 cm³/mol. The van der Waals surface area contributed by atoms with E-state index in [1.807, 2.05) is 26.2 Å². The van der Waals surface area contributed by atoms with Crippen molar-refractivity contribution < 1.29 is 27.9 Å². The third-order valence-corrected chi connectivity index (χ3v) is 6.12. The van der Waals surface area contributed by atoms with Gasteiger partial charge in [0.2, 0.25) is 11.5 Å². The molecule has 0 bridgehead atoms. The van der Waals surface area contributed by atoms with Gasteiger partial charge in [-0.2, -0.15) is 0 Å². The number of ether oxygens (including phenoxy) is 2. The van der Waals surface area contributed by atoms with Crippen LogP contribution in [0.2, 0.25) is 0 Å². The van der Waals surface area contributed by atoms with Gasteiger partial charge in [0.25, 0.3) is 0 Å². The maximum Gasteiger partial charge on any atom is 0.379 e. The van der Waals surface area contributed by atoms with Gasteiger partial charge in [0.05, 0.1) is 12.5 Å².